The van der Waals surface area contributed by atoms with Crippen molar-refractivity contribution in [3.05, 3.63) is 101 Å². The first-order valence-electron chi connectivity index (χ1n) is 11.2. The number of rotatable bonds is 5. The zero-order chi connectivity index (χ0) is 25.4. The van der Waals surface area contributed by atoms with Crippen LogP contribution in [0.5, 0.6) is 5.75 Å². The first-order valence-corrected chi connectivity index (χ1v) is 11.2. The number of methoxy groups -OCH3 is 1. The Hall–Kier alpha value is -4.53. The van der Waals surface area contributed by atoms with Gasteiger partial charge in [-0.15, -0.1) is 0 Å². The van der Waals surface area contributed by atoms with E-state index in [9.17, 15) is 13.6 Å². The van der Waals surface area contributed by atoms with Gasteiger partial charge in [0.1, 0.15) is 5.82 Å². The van der Waals surface area contributed by atoms with Crippen molar-refractivity contribution in [3.63, 3.8) is 0 Å². The van der Waals surface area contributed by atoms with Gasteiger partial charge in [0.25, 0.3) is 5.89 Å². The quantitative estimate of drug-likeness (QED) is 0.371. The maximum absolute atomic E-state index is 14.3. The summed E-state index contributed by atoms with van der Waals surface area (Å²) in [6.07, 6.45) is 0. The van der Waals surface area contributed by atoms with E-state index in [2.05, 4.69) is 15.5 Å². The molecular formula is C27H22F2N4O3. The highest BCUT2D eigenvalue weighted by Crippen LogP contribution is 2.39. The number of allylic oxidation sites excluding steroid dienone is 1. The van der Waals surface area contributed by atoms with Crippen LogP contribution in [0.25, 0.3) is 17.0 Å². The Morgan fingerprint density at radius 2 is 1.81 bits per heavy atom. The zero-order valence-corrected chi connectivity index (χ0v) is 19.8. The van der Waals surface area contributed by atoms with Crippen LogP contribution in [0.15, 0.2) is 77.0 Å². The Morgan fingerprint density at radius 1 is 1.03 bits per heavy atom. The number of aryl methyl sites for hydroxylation is 1. The average Bonchev–Trinajstić information content (AvgIpc) is 3.34. The van der Waals surface area contributed by atoms with Crippen molar-refractivity contribution in [3.8, 4) is 17.1 Å². The van der Waals surface area contributed by atoms with Gasteiger partial charge < -0.3 is 14.6 Å². The molecule has 0 radical (unpaired) electrons. The summed E-state index contributed by atoms with van der Waals surface area (Å²) in [4.78, 5) is 19.1. The maximum Gasteiger partial charge on any atom is 0.327 e. The number of hydrogen-bond donors (Lipinski definition) is 1. The van der Waals surface area contributed by atoms with Crippen LogP contribution in [0, 0.1) is 18.6 Å². The van der Waals surface area contributed by atoms with Crippen molar-refractivity contribution in [2.75, 3.05) is 12.0 Å². The van der Waals surface area contributed by atoms with E-state index in [4.69, 9.17) is 9.26 Å². The molecule has 1 aliphatic rings. The fourth-order valence-electron chi connectivity index (χ4n) is 4.21. The first-order chi connectivity index (χ1) is 17.4. The second-order valence-corrected chi connectivity index (χ2v) is 8.38. The lowest BCUT2D eigenvalue weighted by molar-refractivity contribution is 0.244. The van der Waals surface area contributed by atoms with Crippen molar-refractivity contribution in [2.45, 2.75) is 19.9 Å². The predicted octanol–water partition coefficient (Wildman–Crippen LogP) is 6.03. The third-order valence-electron chi connectivity index (χ3n) is 6.03. The van der Waals surface area contributed by atoms with Crippen LogP contribution in [0.2, 0.25) is 0 Å². The van der Waals surface area contributed by atoms with Gasteiger partial charge in [-0.3, -0.25) is 4.90 Å². The Bertz CT molecular complexity index is 1480. The molecule has 182 valence electrons. The Labute approximate surface area is 206 Å². The molecule has 1 atom stereocenters. The lowest BCUT2D eigenvalue weighted by Gasteiger charge is -2.35. The normalized spacial score (nSPS) is 15.8. The molecule has 0 fully saturated rings. The van der Waals surface area contributed by atoms with Gasteiger partial charge in [0.15, 0.2) is 11.6 Å². The second-order valence-electron chi connectivity index (χ2n) is 8.38. The summed E-state index contributed by atoms with van der Waals surface area (Å²) in [5.74, 6) is -0.621. The molecule has 3 aromatic carbocycles. The molecule has 0 bridgehead atoms. The Kier molecular flexibility index (Phi) is 5.97. The number of hydrogen-bond acceptors (Lipinski definition) is 5. The molecule has 1 aliphatic heterocycles. The molecule has 0 saturated heterocycles. The summed E-state index contributed by atoms with van der Waals surface area (Å²) in [7, 11) is 1.38. The van der Waals surface area contributed by atoms with Crippen LogP contribution >= 0.6 is 0 Å². The Balaban J connectivity index is 1.64. The van der Waals surface area contributed by atoms with Gasteiger partial charge in [-0.2, -0.15) is 4.98 Å². The highest BCUT2D eigenvalue weighted by Gasteiger charge is 2.36. The van der Waals surface area contributed by atoms with E-state index in [1.54, 1.807) is 19.1 Å². The third kappa shape index (κ3) is 4.19. The number of aromatic nitrogens is 2. The van der Waals surface area contributed by atoms with Gasteiger partial charge in [-0.25, -0.2) is 13.6 Å². The van der Waals surface area contributed by atoms with E-state index in [1.807, 2.05) is 31.2 Å². The average molecular weight is 488 g/mol. The fraction of sp³-hybridized carbons (Fsp3) is 0.148. The van der Waals surface area contributed by atoms with Crippen LogP contribution in [-0.4, -0.2) is 23.3 Å². The number of nitrogens with zero attached hydrogens (tertiary/aromatic N) is 3. The van der Waals surface area contributed by atoms with E-state index < -0.39 is 23.7 Å². The van der Waals surface area contributed by atoms with Gasteiger partial charge in [0.05, 0.1) is 24.4 Å². The second kappa shape index (κ2) is 9.26. The SMILES string of the molecule is COc1ccc(-c2noc(C3=C(C)N(c4cccc(F)c4)C(=O)NC3c3ccc(C)cc3)n2)cc1F. The van der Waals surface area contributed by atoms with Crippen LogP contribution in [0.4, 0.5) is 19.3 Å². The minimum Gasteiger partial charge on any atom is -0.494 e. The number of amides is 2. The largest absolute Gasteiger partial charge is 0.494 e. The van der Waals surface area contributed by atoms with Gasteiger partial charge in [-0.1, -0.05) is 41.1 Å². The molecule has 1 unspecified atom stereocenters. The maximum atomic E-state index is 14.3. The number of carbonyl (C=O) groups excluding carboxylic acids is 1. The molecule has 36 heavy (non-hydrogen) atoms. The van der Waals surface area contributed by atoms with Gasteiger partial charge in [-0.05, 0) is 55.8 Å². The summed E-state index contributed by atoms with van der Waals surface area (Å²) in [6.45, 7) is 3.70. The zero-order valence-electron chi connectivity index (χ0n) is 19.8. The molecule has 4 aromatic rings. The molecule has 1 aromatic heterocycles. The molecule has 1 N–H and O–H groups in total. The number of urea groups is 1. The van der Waals surface area contributed by atoms with Crippen LogP contribution in [0.3, 0.4) is 0 Å². The number of anilines is 1. The highest BCUT2D eigenvalue weighted by atomic mass is 19.1. The van der Waals surface area contributed by atoms with E-state index in [0.717, 1.165) is 11.1 Å². The van der Waals surface area contributed by atoms with Gasteiger partial charge >= 0.3 is 6.03 Å². The molecule has 0 spiro atoms. The van der Waals surface area contributed by atoms with Crippen LogP contribution < -0.4 is 15.0 Å². The highest BCUT2D eigenvalue weighted by molar-refractivity contribution is 6.01. The van der Waals surface area contributed by atoms with Crippen LogP contribution in [0.1, 0.15) is 30.0 Å². The topological polar surface area (TPSA) is 80.5 Å². The van der Waals surface area contributed by atoms with E-state index in [0.29, 0.717) is 22.5 Å². The number of carbonyl (C=O) groups is 1. The molecule has 7 nitrogen and oxygen atoms in total. The van der Waals surface area contributed by atoms with Crippen molar-refractivity contribution in [1.82, 2.24) is 15.5 Å². The minimum absolute atomic E-state index is 0.0983. The van der Waals surface area contributed by atoms with E-state index >= 15 is 0 Å². The molecule has 0 saturated carbocycles. The molecule has 0 aliphatic carbocycles. The third-order valence-corrected chi connectivity index (χ3v) is 6.03. The molecule has 5 rings (SSSR count). The summed E-state index contributed by atoms with van der Waals surface area (Å²) in [5, 5.41) is 7.02. The summed E-state index contributed by atoms with van der Waals surface area (Å²) in [5.41, 5.74) is 3.64. The van der Waals surface area contributed by atoms with Crippen molar-refractivity contribution < 1.29 is 22.8 Å². The smallest absolute Gasteiger partial charge is 0.327 e. The van der Waals surface area contributed by atoms with E-state index in [-0.39, 0.29) is 17.5 Å². The number of nitrogens with one attached hydrogen (secondary N) is 1. The van der Waals surface area contributed by atoms with Gasteiger partial charge in [0.2, 0.25) is 5.82 Å². The standard InChI is InChI=1S/C27H22F2N4O3/c1-15-7-9-17(10-8-15)24-23(16(2)33(27(34)30-24)20-6-4-5-19(28)14-20)26-31-25(32-36-26)18-11-12-22(35-3)21(29)13-18/h4-14,24H,1-3H3,(H,30,34). The minimum atomic E-state index is -0.608. The monoisotopic (exact) mass is 488 g/mol. The number of ether oxygens (including phenoxy) is 1. The van der Waals surface area contributed by atoms with Crippen LogP contribution in [-0.2, 0) is 0 Å². The number of benzene rings is 3. The molecule has 2 amide bonds. The van der Waals surface area contributed by atoms with E-state index in [1.165, 1.54) is 42.3 Å². The Morgan fingerprint density at radius 3 is 2.50 bits per heavy atom. The summed E-state index contributed by atoms with van der Waals surface area (Å²) >= 11 is 0. The lowest BCUT2D eigenvalue weighted by Crippen LogP contribution is -2.46. The first kappa shape index (κ1) is 23.2. The fourth-order valence-corrected chi connectivity index (χ4v) is 4.21. The predicted molar refractivity (Wildman–Crippen MR) is 130 cm³/mol. The molecular weight excluding hydrogens is 466 g/mol. The number of halogens is 2. The van der Waals surface area contributed by atoms with Crippen molar-refractivity contribution in [2.24, 2.45) is 0 Å². The van der Waals surface area contributed by atoms with Crippen molar-refractivity contribution >= 4 is 17.3 Å². The van der Waals surface area contributed by atoms with Crippen molar-refractivity contribution in [1.29, 1.82) is 0 Å². The lowest BCUT2D eigenvalue weighted by atomic mass is 9.94. The van der Waals surface area contributed by atoms with Gasteiger partial charge in [0, 0.05) is 11.3 Å². The summed E-state index contributed by atoms with van der Waals surface area (Å²) < 4.78 is 38.9. The molecule has 2 heterocycles. The molecule has 9 heteroatoms. The summed E-state index contributed by atoms with van der Waals surface area (Å²) in [6, 6.07) is 16.7.